The van der Waals surface area contributed by atoms with Gasteiger partial charge in [-0.2, -0.15) is 0 Å². The van der Waals surface area contributed by atoms with Crippen LogP contribution in [0.25, 0.3) is 0 Å². The summed E-state index contributed by atoms with van der Waals surface area (Å²) in [7, 11) is 0. The van der Waals surface area contributed by atoms with Crippen molar-refractivity contribution in [2.75, 3.05) is 0 Å². The van der Waals surface area contributed by atoms with Crippen LogP contribution < -0.4 is 4.74 Å². The lowest BCUT2D eigenvalue weighted by atomic mass is 10.1. The Kier molecular flexibility index (Phi) is 6.85. The molecule has 3 atom stereocenters. The van der Waals surface area contributed by atoms with E-state index < -0.39 is 12.3 Å². The van der Waals surface area contributed by atoms with Crippen molar-refractivity contribution < 1.29 is 19.0 Å². The highest BCUT2D eigenvalue weighted by molar-refractivity contribution is 9.28. The third-order valence-corrected chi connectivity index (χ3v) is 5.47. The van der Waals surface area contributed by atoms with Crippen LogP contribution in [0, 0.1) is 11.3 Å². The van der Waals surface area contributed by atoms with Gasteiger partial charge < -0.3 is 14.2 Å². The number of halogens is 2. The Morgan fingerprint density at radius 2 is 1.79 bits per heavy atom. The van der Waals surface area contributed by atoms with Crippen LogP contribution in [0.2, 0.25) is 0 Å². The number of carbonyl (C=O) groups excluding carboxylic acids is 1. The predicted octanol–water partition coefficient (Wildman–Crippen LogP) is 7.52. The number of hydrogen-bond acceptors (Lipinski definition) is 4. The second kappa shape index (κ2) is 9.18. The summed E-state index contributed by atoms with van der Waals surface area (Å²) >= 11 is 6.71. The molecule has 2 aromatic carbocycles. The van der Waals surface area contributed by atoms with Gasteiger partial charge in [-0.15, -0.1) is 0 Å². The maximum atomic E-state index is 12.4. The van der Waals surface area contributed by atoms with Gasteiger partial charge in [0.1, 0.15) is 23.7 Å². The van der Waals surface area contributed by atoms with Crippen LogP contribution in [0.5, 0.6) is 11.5 Å². The average molecular weight is 522 g/mol. The fraction of sp³-hybridized carbons (Fsp3) is 0.261. The van der Waals surface area contributed by atoms with E-state index in [9.17, 15) is 4.79 Å². The molecule has 3 unspecified atom stereocenters. The normalized spacial score (nSPS) is 20.1. The van der Waals surface area contributed by atoms with Crippen LogP contribution >= 0.6 is 31.9 Å². The van der Waals surface area contributed by atoms with Gasteiger partial charge in [-0.25, -0.2) is 4.79 Å². The second-order valence-corrected chi connectivity index (χ2v) is 10.1. The summed E-state index contributed by atoms with van der Waals surface area (Å²) in [6.07, 6.45) is 1.95. The summed E-state index contributed by atoms with van der Waals surface area (Å²) in [6, 6.07) is 16.8. The summed E-state index contributed by atoms with van der Waals surface area (Å²) in [6.45, 7) is 7.88. The maximum absolute atomic E-state index is 12.4. The van der Waals surface area contributed by atoms with Gasteiger partial charge >= 0.3 is 6.16 Å². The number of rotatable bonds is 7. The molecule has 0 spiro atoms. The van der Waals surface area contributed by atoms with Gasteiger partial charge in [0.05, 0.1) is 3.39 Å². The lowest BCUT2D eigenvalue weighted by molar-refractivity contribution is 0.0238. The molecule has 1 saturated carbocycles. The maximum Gasteiger partial charge on any atom is 0.509 e. The first-order valence-electron chi connectivity index (χ1n) is 9.16. The highest BCUT2D eigenvalue weighted by Crippen LogP contribution is 2.56. The smallest absolute Gasteiger partial charge is 0.457 e. The van der Waals surface area contributed by atoms with Crippen LogP contribution in [0.15, 0.2) is 76.7 Å². The quantitative estimate of drug-likeness (QED) is 0.279. The zero-order valence-electron chi connectivity index (χ0n) is 16.2. The first-order valence-corrected chi connectivity index (χ1v) is 10.8. The van der Waals surface area contributed by atoms with E-state index in [2.05, 4.69) is 38.4 Å². The molecule has 0 aliphatic heterocycles. The molecule has 2 aromatic rings. The zero-order chi connectivity index (χ0) is 21.0. The first kappa shape index (κ1) is 21.7. The Balaban J connectivity index is 1.64. The van der Waals surface area contributed by atoms with E-state index in [-0.39, 0.29) is 17.4 Å². The first-order chi connectivity index (χ1) is 13.8. The standard InChI is InChI=1S/C23H22Br2O4/c1-4-19(28-22(26)29-21-18(14-20(24)25)23(21,2)3)15-9-8-12-17(13-15)27-16-10-6-5-7-11-16/h4-14,18-19,21H,1H2,2-3H3. The fourth-order valence-corrected chi connectivity index (χ4v) is 3.73. The van der Waals surface area contributed by atoms with E-state index in [0.717, 1.165) is 14.7 Å². The summed E-state index contributed by atoms with van der Waals surface area (Å²) < 4.78 is 17.7. The number of hydrogen-bond donors (Lipinski definition) is 0. The van der Waals surface area contributed by atoms with Crippen LogP contribution in [-0.4, -0.2) is 12.3 Å². The molecule has 0 saturated heterocycles. The molecule has 0 aromatic heterocycles. The Morgan fingerprint density at radius 3 is 2.45 bits per heavy atom. The Labute approximate surface area is 187 Å². The van der Waals surface area contributed by atoms with Crippen LogP contribution in [0.3, 0.4) is 0 Å². The Morgan fingerprint density at radius 1 is 1.10 bits per heavy atom. The van der Waals surface area contributed by atoms with Crippen LogP contribution in [0.1, 0.15) is 25.5 Å². The van der Waals surface area contributed by atoms with E-state index in [1.165, 1.54) is 0 Å². The van der Waals surface area contributed by atoms with Crippen molar-refractivity contribution in [2.24, 2.45) is 11.3 Å². The average Bonchev–Trinajstić information content (AvgIpc) is 3.18. The number of benzene rings is 2. The van der Waals surface area contributed by atoms with Gasteiger partial charge in [0.2, 0.25) is 0 Å². The van der Waals surface area contributed by atoms with Gasteiger partial charge in [0.25, 0.3) is 0 Å². The number of para-hydroxylation sites is 1. The van der Waals surface area contributed by atoms with E-state index in [0.29, 0.717) is 5.75 Å². The van der Waals surface area contributed by atoms with E-state index >= 15 is 0 Å². The molecule has 1 aliphatic carbocycles. The fourth-order valence-electron chi connectivity index (χ4n) is 3.16. The molecule has 152 valence electrons. The molecule has 0 bridgehead atoms. The monoisotopic (exact) mass is 520 g/mol. The molecule has 3 rings (SSSR count). The lowest BCUT2D eigenvalue weighted by Crippen LogP contribution is -2.15. The largest absolute Gasteiger partial charge is 0.509 e. The highest BCUT2D eigenvalue weighted by atomic mass is 79.9. The van der Waals surface area contributed by atoms with Crippen LogP contribution in [-0.2, 0) is 9.47 Å². The van der Waals surface area contributed by atoms with E-state index in [1.807, 2.05) is 74.5 Å². The van der Waals surface area contributed by atoms with Gasteiger partial charge in [-0.3, -0.25) is 0 Å². The van der Waals surface area contributed by atoms with Crippen molar-refractivity contribution in [3.8, 4) is 11.5 Å². The SMILES string of the molecule is C=CC(OC(=O)OC1C(C=C(Br)Br)C1(C)C)c1cccc(Oc2ccccc2)c1. The van der Waals surface area contributed by atoms with Crippen molar-refractivity contribution in [2.45, 2.75) is 26.1 Å². The molecule has 0 radical (unpaired) electrons. The summed E-state index contributed by atoms with van der Waals surface area (Å²) in [5.41, 5.74) is 0.610. The van der Waals surface area contributed by atoms with Crippen molar-refractivity contribution in [3.05, 3.63) is 82.3 Å². The van der Waals surface area contributed by atoms with Crippen molar-refractivity contribution in [3.63, 3.8) is 0 Å². The third kappa shape index (κ3) is 5.52. The second-order valence-electron chi connectivity index (χ2n) is 7.35. The van der Waals surface area contributed by atoms with Crippen molar-refractivity contribution in [1.29, 1.82) is 0 Å². The third-order valence-electron chi connectivity index (χ3n) is 4.94. The van der Waals surface area contributed by atoms with Gasteiger partial charge in [-0.1, -0.05) is 56.8 Å². The van der Waals surface area contributed by atoms with Gasteiger partial charge in [0, 0.05) is 16.9 Å². The Bertz CT molecular complexity index is 904. The molecule has 0 heterocycles. The highest BCUT2D eigenvalue weighted by Gasteiger charge is 2.60. The molecule has 4 nitrogen and oxygen atoms in total. The minimum atomic E-state index is -0.719. The van der Waals surface area contributed by atoms with E-state index in [1.54, 1.807) is 6.08 Å². The molecule has 0 N–H and O–H groups in total. The van der Waals surface area contributed by atoms with Crippen molar-refractivity contribution >= 4 is 38.0 Å². The predicted molar refractivity (Wildman–Crippen MR) is 120 cm³/mol. The summed E-state index contributed by atoms with van der Waals surface area (Å²) in [4.78, 5) is 12.4. The topological polar surface area (TPSA) is 44.8 Å². The van der Waals surface area contributed by atoms with E-state index in [4.69, 9.17) is 14.2 Å². The zero-order valence-corrected chi connectivity index (χ0v) is 19.4. The van der Waals surface area contributed by atoms with Gasteiger partial charge in [0.15, 0.2) is 0 Å². The summed E-state index contributed by atoms with van der Waals surface area (Å²) in [5, 5.41) is 0. The minimum absolute atomic E-state index is 0.119. The molecule has 29 heavy (non-hydrogen) atoms. The molecular formula is C23H22Br2O4. The lowest BCUT2D eigenvalue weighted by Gasteiger charge is -2.16. The molecule has 1 aliphatic rings. The molecule has 6 heteroatoms. The van der Waals surface area contributed by atoms with Crippen LogP contribution in [0.4, 0.5) is 4.79 Å². The van der Waals surface area contributed by atoms with Gasteiger partial charge in [-0.05, 0) is 62.2 Å². The molecule has 0 amide bonds. The Hall–Kier alpha value is -2.05. The molecular weight excluding hydrogens is 500 g/mol. The number of ether oxygens (including phenoxy) is 3. The number of carbonyl (C=O) groups is 1. The van der Waals surface area contributed by atoms with Crippen molar-refractivity contribution in [1.82, 2.24) is 0 Å². The summed E-state index contributed by atoms with van der Waals surface area (Å²) in [5.74, 6) is 1.50. The molecule has 1 fully saturated rings. The minimum Gasteiger partial charge on any atom is -0.457 e.